The Morgan fingerprint density at radius 2 is 1.71 bits per heavy atom. The van der Waals surface area contributed by atoms with E-state index in [1.165, 1.54) is 0 Å². The van der Waals surface area contributed by atoms with E-state index in [0.29, 0.717) is 5.69 Å². The zero-order valence-electron chi connectivity index (χ0n) is 19.4. The monoisotopic (exact) mass is 607 g/mol. The predicted molar refractivity (Wildman–Crippen MR) is 120 cm³/mol. The number of phosphoric acid groups is 3. The summed E-state index contributed by atoms with van der Waals surface area (Å²) in [6.45, 7) is 2.63. The van der Waals surface area contributed by atoms with Crippen molar-refractivity contribution in [3.63, 3.8) is 0 Å². The summed E-state index contributed by atoms with van der Waals surface area (Å²) in [7, 11) is -16.9. The van der Waals surface area contributed by atoms with Crippen LogP contribution in [-0.4, -0.2) is 79.3 Å². The summed E-state index contributed by atoms with van der Waals surface area (Å²) in [5.74, 6) is 0. The molecule has 0 spiro atoms. The zero-order valence-corrected chi connectivity index (χ0v) is 22.1. The number of aliphatic hydroxyl groups is 2. The van der Waals surface area contributed by atoms with Gasteiger partial charge in [-0.2, -0.15) is 8.62 Å². The molecule has 0 aliphatic carbocycles. The number of rotatable bonds is 11. The largest absolute Gasteiger partial charge is 0.490 e. The second-order valence-corrected chi connectivity index (χ2v) is 12.6. The molecule has 0 aromatic carbocycles. The van der Waals surface area contributed by atoms with Crippen molar-refractivity contribution in [2.45, 2.75) is 50.8 Å². The SMILES string of the molecule is CC(C)n1cc(Cc2cn([C@@H]3O[C@H](COP(=O)(O)OP(=O)(O)OP(=O)(O)O)C(O)[C@@H]3O)c(=O)[nH]c2=O)nn1. The van der Waals surface area contributed by atoms with E-state index in [2.05, 4.69) is 23.5 Å². The molecular formula is C15H24N5O15P3. The third-order valence-electron chi connectivity index (χ3n) is 4.93. The first-order chi connectivity index (χ1) is 17.4. The third-order valence-corrected chi connectivity index (χ3v) is 8.73. The lowest BCUT2D eigenvalue weighted by atomic mass is 10.1. The lowest BCUT2D eigenvalue weighted by Crippen LogP contribution is -2.39. The van der Waals surface area contributed by atoms with E-state index in [-0.39, 0.29) is 18.0 Å². The Bertz CT molecular complexity index is 1410. The molecule has 6 atom stereocenters. The Morgan fingerprint density at radius 1 is 1.05 bits per heavy atom. The van der Waals surface area contributed by atoms with Gasteiger partial charge in [0, 0.05) is 30.4 Å². The summed E-state index contributed by atoms with van der Waals surface area (Å²) < 4.78 is 53.2. The highest BCUT2D eigenvalue weighted by Crippen LogP contribution is 2.66. The summed E-state index contributed by atoms with van der Waals surface area (Å²) in [5, 5.41) is 28.5. The van der Waals surface area contributed by atoms with Gasteiger partial charge in [0.05, 0.1) is 12.3 Å². The van der Waals surface area contributed by atoms with Crippen LogP contribution in [-0.2, 0) is 38.0 Å². The number of aliphatic hydroxyl groups excluding tert-OH is 2. The molecule has 7 N–H and O–H groups in total. The van der Waals surface area contributed by atoms with E-state index in [4.69, 9.17) is 14.5 Å². The van der Waals surface area contributed by atoms with E-state index in [1.807, 2.05) is 18.8 Å². The summed E-state index contributed by atoms with van der Waals surface area (Å²) >= 11 is 0. The van der Waals surface area contributed by atoms with Crippen LogP contribution in [0.2, 0.25) is 0 Å². The average molecular weight is 607 g/mol. The van der Waals surface area contributed by atoms with Crippen molar-refractivity contribution in [2.75, 3.05) is 6.61 Å². The number of phosphoric ester groups is 1. The summed E-state index contributed by atoms with van der Waals surface area (Å²) in [4.78, 5) is 62.6. The molecule has 0 radical (unpaired) electrons. The molecule has 20 nitrogen and oxygen atoms in total. The standard InChI is InChI=1S/C15H24N5O15P3/c1-7(2)20-5-9(17-18-20)3-8-4-19(15(24)16-13(8)23)14-12(22)11(21)10(33-14)6-32-37(28,29)35-38(30,31)34-36(25,26)27/h4-5,7,10-12,14,21-22H,3,6H2,1-2H3,(H,28,29)(H,30,31)(H,16,23,24)(H2,25,26,27)/t10-,11?,12+,14-/m1/s1. The Balaban J connectivity index is 1.74. The fourth-order valence-corrected chi connectivity index (χ4v) is 6.28. The molecule has 38 heavy (non-hydrogen) atoms. The Hall–Kier alpha value is -1.89. The van der Waals surface area contributed by atoms with Crippen LogP contribution in [0.5, 0.6) is 0 Å². The summed E-state index contributed by atoms with van der Waals surface area (Å²) in [5.41, 5.74) is -1.39. The average Bonchev–Trinajstić information content (AvgIpc) is 3.32. The molecule has 23 heteroatoms. The van der Waals surface area contributed by atoms with Crippen molar-refractivity contribution in [3.8, 4) is 0 Å². The minimum atomic E-state index is -5.78. The number of nitrogens with one attached hydrogen (secondary N) is 1. The van der Waals surface area contributed by atoms with Gasteiger partial charge in [0.15, 0.2) is 6.23 Å². The smallest absolute Gasteiger partial charge is 0.387 e. The molecule has 3 heterocycles. The van der Waals surface area contributed by atoms with Crippen LogP contribution in [0.15, 0.2) is 22.0 Å². The lowest BCUT2D eigenvalue weighted by molar-refractivity contribution is -0.0543. The van der Waals surface area contributed by atoms with Crippen LogP contribution < -0.4 is 11.2 Å². The van der Waals surface area contributed by atoms with Crippen LogP contribution in [0.3, 0.4) is 0 Å². The quantitative estimate of drug-likeness (QED) is 0.139. The minimum absolute atomic E-state index is 0.00582. The van der Waals surface area contributed by atoms with Gasteiger partial charge in [-0.25, -0.2) is 23.2 Å². The highest BCUT2D eigenvalue weighted by atomic mass is 31.3. The van der Waals surface area contributed by atoms with E-state index in [9.17, 15) is 43.3 Å². The second kappa shape index (κ2) is 11.3. The molecule has 3 unspecified atom stereocenters. The van der Waals surface area contributed by atoms with E-state index in [0.717, 1.165) is 10.8 Å². The van der Waals surface area contributed by atoms with E-state index >= 15 is 0 Å². The number of ether oxygens (including phenoxy) is 1. The first kappa shape index (κ1) is 30.6. The van der Waals surface area contributed by atoms with Gasteiger partial charge in [-0.05, 0) is 13.8 Å². The van der Waals surface area contributed by atoms with E-state index < -0.39 is 65.9 Å². The highest BCUT2D eigenvalue weighted by Gasteiger charge is 2.46. The number of H-pyrrole nitrogens is 1. The second-order valence-electron chi connectivity index (χ2n) is 8.21. The molecule has 0 amide bonds. The van der Waals surface area contributed by atoms with Crippen molar-refractivity contribution in [3.05, 3.63) is 44.5 Å². The maximum Gasteiger partial charge on any atom is 0.490 e. The van der Waals surface area contributed by atoms with Crippen LogP contribution >= 0.6 is 23.5 Å². The van der Waals surface area contributed by atoms with Gasteiger partial charge in [-0.15, -0.1) is 5.10 Å². The highest BCUT2D eigenvalue weighted by molar-refractivity contribution is 7.66. The number of aromatic amines is 1. The van der Waals surface area contributed by atoms with Crippen molar-refractivity contribution in [1.82, 2.24) is 24.5 Å². The number of aromatic nitrogens is 5. The lowest BCUT2D eigenvalue weighted by Gasteiger charge is -2.19. The Labute approximate surface area is 211 Å². The molecule has 1 aliphatic rings. The van der Waals surface area contributed by atoms with Gasteiger partial charge < -0.3 is 34.5 Å². The van der Waals surface area contributed by atoms with Gasteiger partial charge in [0.1, 0.15) is 18.3 Å². The van der Waals surface area contributed by atoms with Gasteiger partial charge >= 0.3 is 29.2 Å². The van der Waals surface area contributed by atoms with E-state index in [1.54, 1.807) is 10.9 Å². The Kier molecular flexibility index (Phi) is 9.12. The third kappa shape index (κ3) is 7.83. The first-order valence-corrected chi connectivity index (χ1v) is 14.9. The minimum Gasteiger partial charge on any atom is -0.387 e. The zero-order chi connectivity index (χ0) is 28.6. The van der Waals surface area contributed by atoms with Gasteiger partial charge in [-0.1, -0.05) is 5.21 Å². The van der Waals surface area contributed by atoms with Crippen molar-refractivity contribution >= 4 is 23.5 Å². The van der Waals surface area contributed by atoms with Gasteiger partial charge in [-0.3, -0.25) is 18.9 Å². The molecule has 214 valence electrons. The maximum absolute atomic E-state index is 12.4. The topological polar surface area (TPSA) is 295 Å². The fraction of sp³-hybridized carbons (Fsp3) is 0.600. The van der Waals surface area contributed by atoms with Gasteiger partial charge in [0.25, 0.3) is 5.56 Å². The normalized spacial score (nSPS) is 25.4. The molecular weight excluding hydrogens is 583 g/mol. The molecule has 1 saturated heterocycles. The number of nitrogens with zero attached hydrogens (tertiary/aromatic N) is 4. The van der Waals surface area contributed by atoms with Crippen LogP contribution in [0.4, 0.5) is 0 Å². The molecule has 1 fully saturated rings. The first-order valence-electron chi connectivity index (χ1n) is 10.4. The molecule has 2 aromatic rings. The van der Waals surface area contributed by atoms with Crippen molar-refractivity contribution in [2.24, 2.45) is 0 Å². The molecule has 0 bridgehead atoms. The predicted octanol–water partition coefficient (Wildman–Crippen LogP) is -1.74. The summed E-state index contributed by atoms with van der Waals surface area (Å²) in [6.07, 6.45) is -4.36. The molecule has 0 saturated carbocycles. The molecule has 1 aliphatic heterocycles. The number of hydrogen-bond donors (Lipinski definition) is 7. The summed E-state index contributed by atoms with van der Waals surface area (Å²) in [6, 6.07) is -0.00582. The molecule has 2 aromatic heterocycles. The fourth-order valence-electron chi connectivity index (χ4n) is 3.25. The van der Waals surface area contributed by atoms with Gasteiger partial charge in [0.2, 0.25) is 0 Å². The maximum atomic E-state index is 12.4. The van der Waals surface area contributed by atoms with Crippen molar-refractivity contribution < 1.29 is 61.4 Å². The van der Waals surface area contributed by atoms with Crippen LogP contribution in [0.25, 0.3) is 0 Å². The van der Waals surface area contributed by atoms with Crippen LogP contribution in [0.1, 0.15) is 37.4 Å². The number of hydrogen-bond acceptors (Lipinski definition) is 13. The van der Waals surface area contributed by atoms with Crippen molar-refractivity contribution in [1.29, 1.82) is 0 Å². The Morgan fingerprint density at radius 3 is 2.29 bits per heavy atom. The van der Waals surface area contributed by atoms with Crippen LogP contribution in [0, 0.1) is 0 Å². The molecule has 3 rings (SSSR count).